The molecule has 28 heavy (non-hydrogen) atoms. The van der Waals surface area contributed by atoms with E-state index in [-0.39, 0.29) is 0 Å². The van der Waals surface area contributed by atoms with Crippen molar-refractivity contribution >= 4 is 38.5 Å². The van der Waals surface area contributed by atoms with Gasteiger partial charge >= 0.3 is 0 Å². The van der Waals surface area contributed by atoms with Gasteiger partial charge in [-0.25, -0.2) is 4.98 Å². The lowest BCUT2D eigenvalue weighted by Gasteiger charge is -2.27. The largest absolute Gasteiger partial charge is 0.755 e. The van der Waals surface area contributed by atoms with Crippen LogP contribution >= 0.6 is 11.3 Å². The van der Waals surface area contributed by atoms with Crippen LogP contribution in [0.25, 0.3) is 20.8 Å². The van der Waals surface area contributed by atoms with E-state index >= 15 is 0 Å². The van der Waals surface area contributed by atoms with E-state index in [4.69, 9.17) is 4.98 Å². The zero-order chi connectivity index (χ0) is 19.7. The molecule has 0 spiro atoms. The Morgan fingerprint density at radius 3 is 2.50 bits per heavy atom. The number of benzene rings is 3. The fraction of sp³-hybridized carbons (Fsp3) is 0.136. The van der Waals surface area contributed by atoms with Crippen molar-refractivity contribution in [2.24, 2.45) is 0 Å². The van der Waals surface area contributed by atoms with Crippen LogP contribution in [0.1, 0.15) is 16.7 Å². The molecule has 4 nitrogen and oxygen atoms in total. The van der Waals surface area contributed by atoms with Crippen molar-refractivity contribution in [3.63, 3.8) is 0 Å². The molecule has 4 aromatic rings. The number of hydrogen-bond donors (Lipinski definition) is 0. The highest BCUT2D eigenvalue weighted by molar-refractivity contribution is 7.80. The number of fused-ring (bicyclic) bond motifs is 1. The van der Waals surface area contributed by atoms with Crippen LogP contribution in [0.4, 0.5) is 5.69 Å². The average Bonchev–Trinajstić information content (AvgIpc) is 3.10. The van der Waals surface area contributed by atoms with Crippen LogP contribution < -0.4 is 4.31 Å². The van der Waals surface area contributed by atoms with Gasteiger partial charge in [-0.05, 0) is 66.9 Å². The molecule has 4 rings (SSSR count). The maximum atomic E-state index is 11.8. The minimum Gasteiger partial charge on any atom is -0.755 e. The molecule has 6 heteroatoms. The fourth-order valence-corrected chi connectivity index (χ4v) is 4.71. The van der Waals surface area contributed by atoms with E-state index in [0.717, 1.165) is 31.9 Å². The van der Waals surface area contributed by atoms with E-state index < -0.39 is 11.3 Å². The molecule has 1 aromatic heterocycles. The van der Waals surface area contributed by atoms with E-state index in [0.29, 0.717) is 12.2 Å². The first-order chi connectivity index (χ1) is 13.5. The maximum absolute atomic E-state index is 11.8. The molecule has 1 heterocycles. The Labute approximate surface area is 170 Å². The predicted molar refractivity (Wildman–Crippen MR) is 116 cm³/mol. The van der Waals surface area contributed by atoms with Gasteiger partial charge in [0, 0.05) is 22.5 Å². The van der Waals surface area contributed by atoms with Crippen LogP contribution in [0, 0.1) is 13.8 Å². The number of thiazole rings is 1. The van der Waals surface area contributed by atoms with Crippen molar-refractivity contribution in [1.82, 2.24) is 4.98 Å². The van der Waals surface area contributed by atoms with E-state index in [1.807, 2.05) is 61.5 Å². The summed E-state index contributed by atoms with van der Waals surface area (Å²) in [4.78, 5) is 4.70. The standard InChI is InChI=1S/C22H20N2O2S2/c1-15-7-12-20-21(13-15)27-22(23-20)17-8-10-19(11-9-17)24(28(25)26)14-18-6-4-3-5-16(18)2/h3-13H,14H2,1-2H3,(H,25,26)/p-1. The van der Waals surface area contributed by atoms with Gasteiger partial charge in [-0.2, -0.15) is 0 Å². The number of anilines is 1. The summed E-state index contributed by atoms with van der Waals surface area (Å²) in [5.41, 5.74) is 5.86. The highest BCUT2D eigenvalue weighted by Crippen LogP contribution is 2.32. The molecule has 0 aliphatic carbocycles. The Morgan fingerprint density at radius 1 is 1.04 bits per heavy atom. The van der Waals surface area contributed by atoms with Gasteiger partial charge in [-0.1, -0.05) is 30.3 Å². The van der Waals surface area contributed by atoms with Gasteiger partial charge < -0.3 is 4.55 Å². The van der Waals surface area contributed by atoms with Gasteiger partial charge in [0.2, 0.25) is 0 Å². The number of aryl methyl sites for hydroxylation is 2. The molecular weight excluding hydrogens is 388 g/mol. The van der Waals surface area contributed by atoms with Crippen LogP contribution in [0.3, 0.4) is 0 Å². The molecule has 0 amide bonds. The van der Waals surface area contributed by atoms with Crippen molar-refractivity contribution < 1.29 is 8.76 Å². The summed E-state index contributed by atoms with van der Waals surface area (Å²) in [5.74, 6) is 0. The summed E-state index contributed by atoms with van der Waals surface area (Å²) < 4.78 is 26.2. The minimum absolute atomic E-state index is 0.308. The Bertz CT molecular complexity index is 1150. The molecule has 0 saturated heterocycles. The van der Waals surface area contributed by atoms with E-state index in [1.165, 1.54) is 9.87 Å². The van der Waals surface area contributed by atoms with Crippen molar-refractivity contribution in [2.45, 2.75) is 20.4 Å². The van der Waals surface area contributed by atoms with E-state index in [9.17, 15) is 8.76 Å². The van der Waals surface area contributed by atoms with Crippen molar-refractivity contribution in [1.29, 1.82) is 0 Å². The number of rotatable bonds is 5. The Hall–Kier alpha value is -2.54. The van der Waals surface area contributed by atoms with Crippen LogP contribution in [-0.2, 0) is 17.8 Å². The Kier molecular flexibility index (Phi) is 5.26. The zero-order valence-corrected chi connectivity index (χ0v) is 17.2. The van der Waals surface area contributed by atoms with Gasteiger partial charge in [-0.3, -0.25) is 8.51 Å². The molecule has 0 fully saturated rings. The molecule has 0 radical (unpaired) electrons. The first-order valence-corrected chi connectivity index (χ1v) is 10.7. The third kappa shape index (κ3) is 3.85. The highest BCUT2D eigenvalue weighted by atomic mass is 32.2. The van der Waals surface area contributed by atoms with Crippen LogP contribution in [-0.4, -0.2) is 13.7 Å². The minimum atomic E-state index is -2.36. The monoisotopic (exact) mass is 407 g/mol. The lowest BCUT2D eigenvalue weighted by Crippen LogP contribution is -2.25. The molecule has 3 aromatic carbocycles. The number of aromatic nitrogens is 1. The highest BCUT2D eigenvalue weighted by Gasteiger charge is 2.12. The van der Waals surface area contributed by atoms with Crippen LogP contribution in [0.5, 0.6) is 0 Å². The summed E-state index contributed by atoms with van der Waals surface area (Å²) in [6.07, 6.45) is 0. The first-order valence-electron chi connectivity index (χ1n) is 8.90. The number of nitrogens with zero attached hydrogens (tertiary/aromatic N) is 2. The zero-order valence-electron chi connectivity index (χ0n) is 15.6. The summed E-state index contributed by atoms with van der Waals surface area (Å²) in [7, 11) is 0. The molecule has 0 bridgehead atoms. The number of hydrogen-bond acceptors (Lipinski definition) is 4. The smallest absolute Gasteiger partial charge is 0.124 e. The normalized spacial score (nSPS) is 12.2. The lowest BCUT2D eigenvalue weighted by molar-refractivity contribution is 0.531. The Balaban J connectivity index is 1.63. The molecule has 1 unspecified atom stereocenters. The lowest BCUT2D eigenvalue weighted by atomic mass is 10.1. The van der Waals surface area contributed by atoms with Gasteiger partial charge in [0.25, 0.3) is 0 Å². The second kappa shape index (κ2) is 7.83. The predicted octanol–water partition coefficient (Wildman–Crippen LogP) is 5.38. The average molecular weight is 408 g/mol. The summed E-state index contributed by atoms with van der Waals surface area (Å²) in [6, 6.07) is 21.6. The molecule has 0 aliphatic rings. The maximum Gasteiger partial charge on any atom is 0.124 e. The molecular formula is C22H19N2O2S2-. The summed E-state index contributed by atoms with van der Waals surface area (Å²) >= 11 is -0.716. The summed E-state index contributed by atoms with van der Waals surface area (Å²) in [6.45, 7) is 4.36. The van der Waals surface area contributed by atoms with E-state index in [2.05, 4.69) is 19.1 Å². The first kappa shape index (κ1) is 18.8. The van der Waals surface area contributed by atoms with E-state index in [1.54, 1.807) is 11.3 Å². The third-order valence-electron chi connectivity index (χ3n) is 4.70. The fourth-order valence-electron chi connectivity index (χ4n) is 3.10. The van der Waals surface area contributed by atoms with Crippen molar-refractivity contribution in [3.05, 3.63) is 83.4 Å². The molecule has 142 valence electrons. The van der Waals surface area contributed by atoms with Gasteiger partial charge in [0.1, 0.15) is 5.01 Å². The van der Waals surface area contributed by atoms with Gasteiger partial charge in [0.15, 0.2) is 0 Å². The van der Waals surface area contributed by atoms with Gasteiger partial charge in [0.05, 0.1) is 16.8 Å². The topological polar surface area (TPSA) is 56.3 Å². The molecule has 0 saturated carbocycles. The second-order valence-corrected chi connectivity index (χ2v) is 8.62. The summed E-state index contributed by atoms with van der Waals surface area (Å²) in [5, 5.41) is 0.931. The second-order valence-electron chi connectivity index (χ2n) is 6.72. The van der Waals surface area contributed by atoms with Crippen molar-refractivity contribution in [3.8, 4) is 10.6 Å². The molecule has 1 atom stereocenters. The SMILES string of the molecule is Cc1ccc2nc(-c3ccc(N(Cc4ccccc4C)S(=O)[O-])cc3)sc2c1. The van der Waals surface area contributed by atoms with Crippen LogP contribution in [0.15, 0.2) is 66.7 Å². The van der Waals surface area contributed by atoms with Crippen molar-refractivity contribution in [2.75, 3.05) is 4.31 Å². The molecule has 0 aliphatic heterocycles. The molecule has 0 N–H and O–H groups in total. The van der Waals surface area contributed by atoms with Gasteiger partial charge in [-0.15, -0.1) is 11.3 Å². The van der Waals surface area contributed by atoms with Crippen LogP contribution in [0.2, 0.25) is 0 Å². The Morgan fingerprint density at radius 2 is 1.79 bits per heavy atom. The third-order valence-corrected chi connectivity index (χ3v) is 6.47. The quantitative estimate of drug-likeness (QED) is 0.417.